The van der Waals surface area contributed by atoms with Crippen molar-refractivity contribution >= 4 is 12.0 Å². The van der Waals surface area contributed by atoms with Crippen LogP contribution in [0.25, 0.3) is 0 Å². The maximum Gasteiger partial charge on any atom is 0.490 e. The molecule has 1 atom stereocenters. The molecule has 1 aromatic heterocycles. The van der Waals surface area contributed by atoms with E-state index in [2.05, 4.69) is 22.4 Å². The Morgan fingerprint density at radius 2 is 1.96 bits per heavy atom. The molecule has 0 radical (unpaired) electrons. The summed E-state index contributed by atoms with van der Waals surface area (Å²) in [6.07, 6.45) is -0.991. The van der Waals surface area contributed by atoms with Gasteiger partial charge in [-0.3, -0.25) is 9.58 Å². The number of hydrogen-bond donors (Lipinski definition) is 2. The van der Waals surface area contributed by atoms with E-state index in [1.807, 2.05) is 21.8 Å². The zero-order valence-electron chi connectivity index (χ0n) is 14.4. The smallest absolute Gasteiger partial charge is 0.475 e. The summed E-state index contributed by atoms with van der Waals surface area (Å²) in [5.74, 6) is -2.76. The number of fused-ring (bicyclic) bond motifs is 1. The van der Waals surface area contributed by atoms with Crippen LogP contribution in [0.4, 0.5) is 18.0 Å². The number of carboxylic acids is 1. The van der Waals surface area contributed by atoms with Gasteiger partial charge in [0, 0.05) is 38.9 Å². The molecule has 1 aromatic rings. The zero-order valence-corrected chi connectivity index (χ0v) is 14.4. The summed E-state index contributed by atoms with van der Waals surface area (Å²) in [5, 5.41) is 14.5. The van der Waals surface area contributed by atoms with E-state index in [9.17, 15) is 18.0 Å². The van der Waals surface area contributed by atoms with Gasteiger partial charge in [0.05, 0.1) is 11.7 Å². The fourth-order valence-corrected chi connectivity index (χ4v) is 2.96. The fraction of sp³-hybridized carbons (Fsp3) is 0.667. The van der Waals surface area contributed by atoms with Crippen molar-refractivity contribution < 1.29 is 27.9 Å². The molecule has 11 heteroatoms. The minimum Gasteiger partial charge on any atom is -0.475 e. The molecule has 1 fully saturated rings. The second-order valence-electron chi connectivity index (χ2n) is 6.30. The van der Waals surface area contributed by atoms with Crippen LogP contribution in [0.2, 0.25) is 0 Å². The average Bonchev–Trinajstić information content (AvgIpc) is 3.22. The molecule has 0 bridgehead atoms. The van der Waals surface area contributed by atoms with Crippen LogP contribution in [-0.4, -0.2) is 76.1 Å². The van der Waals surface area contributed by atoms with E-state index in [1.54, 1.807) is 0 Å². The molecule has 1 saturated heterocycles. The Balaban J connectivity index is 0.000000298. The fourth-order valence-electron chi connectivity index (χ4n) is 2.96. The number of urea groups is 1. The van der Waals surface area contributed by atoms with Crippen LogP contribution < -0.4 is 5.32 Å². The van der Waals surface area contributed by atoms with E-state index in [4.69, 9.17) is 9.90 Å². The molecule has 8 nitrogen and oxygen atoms in total. The number of carbonyl (C=O) groups excluding carboxylic acids is 1. The number of amides is 2. The number of halogens is 3. The summed E-state index contributed by atoms with van der Waals surface area (Å²) in [6.45, 7) is 4.28. The molecule has 0 aromatic carbocycles. The molecule has 2 aliphatic rings. The molecular weight excluding hydrogens is 355 g/mol. The first-order valence-corrected chi connectivity index (χ1v) is 8.22. The number of likely N-dealkylation sites (tertiary alicyclic amines) is 1. The van der Waals surface area contributed by atoms with Gasteiger partial charge in [-0.2, -0.15) is 18.3 Å². The summed E-state index contributed by atoms with van der Waals surface area (Å²) in [5.41, 5.74) is 1.22. The summed E-state index contributed by atoms with van der Waals surface area (Å²) in [6, 6.07) is 2.35. The number of aliphatic carboxylic acids is 1. The lowest BCUT2D eigenvalue weighted by molar-refractivity contribution is -0.192. The molecule has 0 aliphatic carbocycles. The first kappa shape index (κ1) is 20.0. The molecular formula is C15H22F3N5O3. The van der Waals surface area contributed by atoms with Gasteiger partial charge in [-0.25, -0.2) is 9.59 Å². The third kappa shape index (κ3) is 5.35. The SMILES string of the molecule is CN1Cc2ccnn2C(CNC(=O)N2CCCC2)C1.O=C(O)C(F)(F)F. The summed E-state index contributed by atoms with van der Waals surface area (Å²) in [4.78, 5) is 25.1. The van der Waals surface area contributed by atoms with Crippen molar-refractivity contribution in [3.63, 3.8) is 0 Å². The van der Waals surface area contributed by atoms with Crippen molar-refractivity contribution in [1.82, 2.24) is 24.9 Å². The van der Waals surface area contributed by atoms with E-state index >= 15 is 0 Å². The standard InChI is InChI=1S/C13H21N5O.C2HF3O2/c1-16-9-11-4-5-15-18(11)12(10-16)8-14-13(19)17-6-2-3-7-17;3-2(4,5)1(6)7/h4-5,12H,2-3,6-10H2,1H3,(H,14,19);(H,6,7). The Morgan fingerprint density at radius 3 is 2.54 bits per heavy atom. The Kier molecular flexibility index (Phi) is 6.46. The normalized spacial score (nSPS) is 20.2. The lowest BCUT2D eigenvalue weighted by Crippen LogP contribution is -2.45. The van der Waals surface area contributed by atoms with Crippen LogP contribution >= 0.6 is 0 Å². The van der Waals surface area contributed by atoms with Gasteiger partial charge in [0.25, 0.3) is 0 Å². The van der Waals surface area contributed by atoms with E-state index in [0.717, 1.165) is 39.0 Å². The van der Waals surface area contributed by atoms with Crippen LogP contribution in [0.3, 0.4) is 0 Å². The lowest BCUT2D eigenvalue weighted by Gasteiger charge is -2.31. The molecule has 26 heavy (non-hydrogen) atoms. The molecule has 0 spiro atoms. The number of hydrogen-bond acceptors (Lipinski definition) is 4. The van der Waals surface area contributed by atoms with Crippen LogP contribution in [-0.2, 0) is 11.3 Å². The van der Waals surface area contributed by atoms with Crippen molar-refractivity contribution in [2.24, 2.45) is 0 Å². The predicted octanol–water partition coefficient (Wildman–Crippen LogP) is 1.31. The van der Waals surface area contributed by atoms with Gasteiger partial charge < -0.3 is 15.3 Å². The van der Waals surface area contributed by atoms with Gasteiger partial charge in [0.1, 0.15) is 0 Å². The Hall–Kier alpha value is -2.30. The highest BCUT2D eigenvalue weighted by molar-refractivity contribution is 5.74. The van der Waals surface area contributed by atoms with Crippen molar-refractivity contribution in [3.8, 4) is 0 Å². The minimum absolute atomic E-state index is 0.0689. The second-order valence-corrected chi connectivity index (χ2v) is 6.30. The molecule has 3 heterocycles. The van der Waals surface area contributed by atoms with Crippen molar-refractivity contribution in [1.29, 1.82) is 0 Å². The largest absolute Gasteiger partial charge is 0.490 e. The highest BCUT2D eigenvalue weighted by Crippen LogP contribution is 2.18. The maximum atomic E-state index is 12.0. The number of nitrogens with one attached hydrogen (secondary N) is 1. The summed E-state index contributed by atoms with van der Waals surface area (Å²) < 4.78 is 33.8. The molecule has 3 rings (SSSR count). The van der Waals surface area contributed by atoms with Gasteiger partial charge >= 0.3 is 18.2 Å². The maximum absolute atomic E-state index is 12.0. The zero-order chi connectivity index (χ0) is 19.3. The number of carbonyl (C=O) groups is 2. The van der Waals surface area contributed by atoms with Crippen LogP contribution in [0.15, 0.2) is 12.3 Å². The molecule has 1 unspecified atom stereocenters. The van der Waals surface area contributed by atoms with Crippen LogP contribution in [0.5, 0.6) is 0 Å². The quantitative estimate of drug-likeness (QED) is 0.811. The van der Waals surface area contributed by atoms with Gasteiger partial charge in [0.2, 0.25) is 0 Å². The van der Waals surface area contributed by atoms with Gasteiger partial charge in [-0.1, -0.05) is 0 Å². The molecule has 2 aliphatic heterocycles. The van der Waals surface area contributed by atoms with E-state index < -0.39 is 12.1 Å². The Morgan fingerprint density at radius 1 is 1.35 bits per heavy atom. The van der Waals surface area contributed by atoms with Gasteiger partial charge in [-0.15, -0.1) is 0 Å². The monoisotopic (exact) mass is 377 g/mol. The molecule has 146 valence electrons. The van der Waals surface area contributed by atoms with Crippen molar-refractivity contribution in [2.45, 2.75) is 31.6 Å². The number of likely N-dealkylation sites (N-methyl/N-ethyl adjacent to an activating group) is 1. The van der Waals surface area contributed by atoms with Crippen LogP contribution in [0, 0.1) is 0 Å². The first-order valence-electron chi connectivity index (χ1n) is 8.22. The van der Waals surface area contributed by atoms with Gasteiger partial charge in [0.15, 0.2) is 0 Å². The van der Waals surface area contributed by atoms with Crippen molar-refractivity contribution in [3.05, 3.63) is 18.0 Å². The van der Waals surface area contributed by atoms with E-state index in [1.165, 1.54) is 5.69 Å². The summed E-state index contributed by atoms with van der Waals surface area (Å²) in [7, 11) is 2.10. The number of aromatic nitrogens is 2. The third-order valence-corrected chi connectivity index (χ3v) is 4.18. The topological polar surface area (TPSA) is 90.7 Å². The highest BCUT2D eigenvalue weighted by Gasteiger charge is 2.38. The Labute approximate surface area is 148 Å². The highest BCUT2D eigenvalue weighted by atomic mass is 19.4. The third-order valence-electron chi connectivity index (χ3n) is 4.18. The predicted molar refractivity (Wildman–Crippen MR) is 85.5 cm³/mol. The van der Waals surface area contributed by atoms with Crippen LogP contribution in [0.1, 0.15) is 24.6 Å². The Bertz CT molecular complexity index is 628. The number of rotatable bonds is 2. The van der Waals surface area contributed by atoms with Crippen molar-refractivity contribution in [2.75, 3.05) is 33.2 Å². The second kappa shape index (κ2) is 8.39. The average molecular weight is 377 g/mol. The molecule has 0 saturated carbocycles. The van der Waals surface area contributed by atoms with E-state index in [-0.39, 0.29) is 12.1 Å². The minimum atomic E-state index is -5.08. The number of alkyl halides is 3. The number of carboxylic acid groups (broad SMARTS) is 1. The summed E-state index contributed by atoms with van der Waals surface area (Å²) >= 11 is 0. The number of nitrogens with zero attached hydrogens (tertiary/aromatic N) is 4. The van der Waals surface area contributed by atoms with Gasteiger partial charge in [-0.05, 0) is 26.0 Å². The molecule has 2 N–H and O–H groups in total. The first-order chi connectivity index (χ1) is 12.2. The van der Waals surface area contributed by atoms with E-state index in [0.29, 0.717) is 6.54 Å². The molecule has 2 amide bonds. The lowest BCUT2D eigenvalue weighted by atomic mass is 10.2.